The normalized spacial score (nSPS) is 26.1. The van der Waals surface area contributed by atoms with Crippen LogP contribution in [-0.4, -0.2) is 32.0 Å². The third-order valence-electron chi connectivity index (χ3n) is 3.28. The van der Waals surface area contributed by atoms with Gasteiger partial charge in [0, 0.05) is 19.6 Å². The van der Waals surface area contributed by atoms with Crippen molar-refractivity contribution in [3.05, 3.63) is 0 Å². The number of nitrogens with one attached hydrogen (secondary N) is 1. The number of unbranched alkanes of at least 4 members (excludes halogenated alkanes) is 1. The van der Waals surface area contributed by atoms with E-state index in [0.29, 0.717) is 25.1 Å². The van der Waals surface area contributed by atoms with Crippen LogP contribution in [0.4, 0.5) is 13.2 Å². The van der Waals surface area contributed by atoms with Crippen molar-refractivity contribution in [3.63, 3.8) is 0 Å². The van der Waals surface area contributed by atoms with Crippen molar-refractivity contribution in [1.82, 2.24) is 5.32 Å². The maximum atomic E-state index is 11.9. The number of halogens is 3. The molecule has 0 spiro atoms. The molecular weight excluding hydrogens is 231 g/mol. The average Bonchev–Trinajstić information content (AvgIpc) is 2.27. The van der Waals surface area contributed by atoms with Crippen LogP contribution in [0.3, 0.4) is 0 Å². The molecule has 0 radical (unpaired) electrons. The summed E-state index contributed by atoms with van der Waals surface area (Å²) in [4.78, 5) is 0. The fourth-order valence-electron chi connectivity index (χ4n) is 2.30. The molecule has 0 bridgehead atoms. The summed E-state index contributed by atoms with van der Waals surface area (Å²) < 4.78 is 41.0. The summed E-state index contributed by atoms with van der Waals surface area (Å²) in [5.41, 5.74) is 0. The SMILES string of the molecule is COC1CCCC(NCCCCC(F)(F)F)C1. The lowest BCUT2D eigenvalue weighted by atomic mass is 9.93. The van der Waals surface area contributed by atoms with Crippen molar-refractivity contribution in [2.75, 3.05) is 13.7 Å². The van der Waals surface area contributed by atoms with Crippen LogP contribution < -0.4 is 5.32 Å². The van der Waals surface area contributed by atoms with Gasteiger partial charge in [-0.25, -0.2) is 0 Å². The summed E-state index contributed by atoms with van der Waals surface area (Å²) in [7, 11) is 1.72. The zero-order valence-corrected chi connectivity index (χ0v) is 10.4. The Hall–Kier alpha value is -0.290. The number of ether oxygens (including phenoxy) is 1. The molecule has 0 aromatic rings. The van der Waals surface area contributed by atoms with E-state index in [1.54, 1.807) is 7.11 Å². The zero-order valence-electron chi connectivity index (χ0n) is 10.4. The van der Waals surface area contributed by atoms with Gasteiger partial charge in [-0.2, -0.15) is 13.2 Å². The smallest absolute Gasteiger partial charge is 0.381 e. The van der Waals surface area contributed by atoms with Crippen molar-refractivity contribution < 1.29 is 17.9 Å². The largest absolute Gasteiger partial charge is 0.389 e. The summed E-state index contributed by atoms with van der Waals surface area (Å²) >= 11 is 0. The Balaban J connectivity index is 2.02. The second-order valence-electron chi connectivity index (χ2n) is 4.75. The van der Waals surface area contributed by atoms with E-state index in [-0.39, 0.29) is 6.42 Å². The van der Waals surface area contributed by atoms with Crippen LogP contribution in [0.2, 0.25) is 0 Å². The van der Waals surface area contributed by atoms with Gasteiger partial charge in [-0.3, -0.25) is 0 Å². The van der Waals surface area contributed by atoms with Gasteiger partial charge in [0.15, 0.2) is 0 Å². The molecule has 0 amide bonds. The van der Waals surface area contributed by atoms with Crippen LogP contribution >= 0.6 is 0 Å². The van der Waals surface area contributed by atoms with Gasteiger partial charge in [-0.1, -0.05) is 0 Å². The van der Waals surface area contributed by atoms with Crippen LogP contribution in [0.25, 0.3) is 0 Å². The van der Waals surface area contributed by atoms with E-state index in [2.05, 4.69) is 5.32 Å². The molecule has 1 aliphatic carbocycles. The summed E-state index contributed by atoms with van der Waals surface area (Å²) in [5, 5.41) is 3.32. The minimum Gasteiger partial charge on any atom is -0.381 e. The van der Waals surface area contributed by atoms with Crippen LogP contribution in [-0.2, 0) is 4.74 Å². The number of alkyl halides is 3. The van der Waals surface area contributed by atoms with Gasteiger partial charge in [0.25, 0.3) is 0 Å². The average molecular weight is 253 g/mol. The number of hydrogen-bond acceptors (Lipinski definition) is 2. The third-order valence-corrected chi connectivity index (χ3v) is 3.28. The second kappa shape index (κ2) is 7.21. The Bertz CT molecular complexity index is 208. The molecule has 1 aliphatic rings. The molecule has 1 saturated carbocycles. The lowest BCUT2D eigenvalue weighted by molar-refractivity contribution is -0.135. The molecule has 2 atom stereocenters. The highest BCUT2D eigenvalue weighted by molar-refractivity contribution is 4.78. The van der Waals surface area contributed by atoms with E-state index >= 15 is 0 Å². The first-order chi connectivity index (χ1) is 8.01. The van der Waals surface area contributed by atoms with Gasteiger partial charge in [0.1, 0.15) is 0 Å². The second-order valence-corrected chi connectivity index (χ2v) is 4.75. The minimum absolute atomic E-state index is 0.219. The molecule has 102 valence electrons. The Morgan fingerprint density at radius 3 is 2.65 bits per heavy atom. The summed E-state index contributed by atoms with van der Waals surface area (Å²) in [6.45, 7) is 0.678. The molecule has 2 unspecified atom stereocenters. The van der Waals surface area contributed by atoms with E-state index in [0.717, 1.165) is 25.7 Å². The zero-order chi connectivity index (χ0) is 12.7. The first-order valence-corrected chi connectivity index (χ1v) is 6.34. The molecule has 0 aromatic heterocycles. The fourth-order valence-corrected chi connectivity index (χ4v) is 2.30. The van der Waals surface area contributed by atoms with Crippen LogP contribution in [0.15, 0.2) is 0 Å². The van der Waals surface area contributed by atoms with Gasteiger partial charge in [0.2, 0.25) is 0 Å². The first kappa shape index (κ1) is 14.8. The Labute approximate surface area is 101 Å². The predicted octanol–water partition coefficient (Wildman–Crippen LogP) is 3.27. The third kappa shape index (κ3) is 6.88. The highest BCUT2D eigenvalue weighted by Crippen LogP contribution is 2.23. The van der Waals surface area contributed by atoms with Crippen molar-refractivity contribution in [2.24, 2.45) is 0 Å². The first-order valence-electron chi connectivity index (χ1n) is 6.34. The molecule has 1 rings (SSSR count). The Morgan fingerprint density at radius 1 is 1.24 bits per heavy atom. The summed E-state index contributed by atoms with van der Waals surface area (Å²) in [6, 6.07) is 0.416. The van der Waals surface area contributed by atoms with Crippen LogP contribution in [0, 0.1) is 0 Å². The molecule has 2 nitrogen and oxygen atoms in total. The maximum absolute atomic E-state index is 11.9. The lowest BCUT2D eigenvalue weighted by Gasteiger charge is -2.29. The van der Waals surface area contributed by atoms with Gasteiger partial charge < -0.3 is 10.1 Å². The highest BCUT2D eigenvalue weighted by atomic mass is 19.4. The highest BCUT2D eigenvalue weighted by Gasteiger charge is 2.26. The topological polar surface area (TPSA) is 21.3 Å². The van der Waals surface area contributed by atoms with Gasteiger partial charge in [-0.15, -0.1) is 0 Å². The molecule has 0 aromatic carbocycles. The minimum atomic E-state index is -4.01. The van der Waals surface area contributed by atoms with E-state index in [9.17, 15) is 13.2 Å². The Kier molecular flexibility index (Phi) is 6.27. The quantitative estimate of drug-likeness (QED) is 0.734. The van der Waals surface area contributed by atoms with E-state index < -0.39 is 12.6 Å². The maximum Gasteiger partial charge on any atom is 0.389 e. The van der Waals surface area contributed by atoms with Crippen molar-refractivity contribution in [2.45, 2.75) is 63.3 Å². The molecule has 0 heterocycles. The van der Waals surface area contributed by atoms with E-state index in [4.69, 9.17) is 4.74 Å². The van der Waals surface area contributed by atoms with Crippen molar-refractivity contribution in [1.29, 1.82) is 0 Å². The van der Waals surface area contributed by atoms with Crippen molar-refractivity contribution >= 4 is 0 Å². The standard InChI is InChI=1S/C12H22F3NO/c1-17-11-6-4-5-10(9-11)16-8-3-2-7-12(13,14)15/h10-11,16H,2-9H2,1H3. The van der Waals surface area contributed by atoms with Crippen molar-refractivity contribution in [3.8, 4) is 0 Å². The van der Waals surface area contributed by atoms with Gasteiger partial charge >= 0.3 is 6.18 Å². The number of methoxy groups -OCH3 is 1. The monoisotopic (exact) mass is 253 g/mol. The van der Waals surface area contributed by atoms with Gasteiger partial charge in [-0.05, 0) is 45.1 Å². The predicted molar refractivity (Wildman–Crippen MR) is 61.0 cm³/mol. The molecule has 17 heavy (non-hydrogen) atoms. The van der Waals surface area contributed by atoms with E-state index in [1.807, 2.05) is 0 Å². The fraction of sp³-hybridized carbons (Fsp3) is 1.00. The molecule has 5 heteroatoms. The summed E-state index contributed by atoms with van der Waals surface area (Å²) in [5.74, 6) is 0. The van der Waals surface area contributed by atoms with Crippen LogP contribution in [0.5, 0.6) is 0 Å². The molecule has 1 N–H and O–H groups in total. The van der Waals surface area contributed by atoms with Crippen LogP contribution in [0.1, 0.15) is 44.9 Å². The Morgan fingerprint density at radius 2 is 2.00 bits per heavy atom. The number of hydrogen-bond donors (Lipinski definition) is 1. The van der Waals surface area contributed by atoms with Gasteiger partial charge in [0.05, 0.1) is 6.10 Å². The molecule has 0 aliphatic heterocycles. The molecular formula is C12H22F3NO. The molecule has 1 fully saturated rings. The molecule has 0 saturated heterocycles. The summed E-state index contributed by atoms with van der Waals surface area (Å²) in [6.07, 6.45) is 0.781. The lowest BCUT2D eigenvalue weighted by Crippen LogP contribution is -2.37. The number of rotatable bonds is 6. The van der Waals surface area contributed by atoms with E-state index in [1.165, 1.54) is 0 Å².